The molecule has 0 aromatic carbocycles. The first-order chi connectivity index (χ1) is 8.15. The van der Waals surface area contributed by atoms with E-state index < -0.39 is 5.82 Å². The number of nitrogens with one attached hydrogen (secondary N) is 1. The number of aromatic nitrogens is 2. The third-order valence-corrected chi connectivity index (χ3v) is 2.23. The quantitative estimate of drug-likeness (QED) is 0.846. The summed E-state index contributed by atoms with van der Waals surface area (Å²) < 4.78 is 18.5. The molecule has 5 nitrogen and oxygen atoms in total. The van der Waals surface area contributed by atoms with Gasteiger partial charge in [0.05, 0.1) is 12.5 Å². The summed E-state index contributed by atoms with van der Waals surface area (Å²) in [4.78, 5) is 7.35. The zero-order valence-electron chi connectivity index (χ0n) is 9.35. The van der Waals surface area contributed by atoms with Crippen LogP contribution in [0.3, 0.4) is 0 Å². The van der Waals surface area contributed by atoms with E-state index >= 15 is 0 Å². The number of furan rings is 1. The van der Waals surface area contributed by atoms with E-state index in [1.165, 1.54) is 0 Å². The molecular formula is C11H13FN4O. The summed E-state index contributed by atoms with van der Waals surface area (Å²) in [6.45, 7) is 1.90. The van der Waals surface area contributed by atoms with Crippen LogP contribution >= 0.6 is 0 Å². The molecule has 3 N–H and O–H groups in total. The fourth-order valence-electron chi connectivity index (χ4n) is 1.50. The number of nitrogens with two attached hydrogens (primary N) is 1. The highest BCUT2D eigenvalue weighted by Crippen LogP contribution is 2.13. The second-order valence-corrected chi connectivity index (χ2v) is 3.75. The van der Waals surface area contributed by atoms with Gasteiger partial charge < -0.3 is 15.5 Å². The van der Waals surface area contributed by atoms with Gasteiger partial charge in [-0.25, -0.2) is 9.37 Å². The highest BCUT2D eigenvalue weighted by Gasteiger charge is 2.10. The molecule has 17 heavy (non-hydrogen) atoms. The molecule has 0 aliphatic rings. The maximum absolute atomic E-state index is 13.3. The molecule has 6 heteroatoms. The predicted octanol–water partition coefficient (Wildman–Crippen LogP) is 1.83. The number of hydrogen-bond donors (Lipinski definition) is 2. The van der Waals surface area contributed by atoms with Crippen LogP contribution in [-0.4, -0.2) is 16.0 Å². The number of halogens is 1. The minimum atomic E-state index is -0.523. The van der Waals surface area contributed by atoms with Crippen LogP contribution in [0, 0.1) is 5.82 Å². The van der Waals surface area contributed by atoms with Crippen molar-refractivity contribution in [2.45, 2.75) is 19.4 Å². The Morgan fingerprint density at radius 1 is 1.59 bits per heavy atom. The lowest BCUT2D eigenvalue weighted by molar-refractivity contribution is 0.496. The average molecular weight is 236 g/mol. The van der Waals surface area contributed by atoms with E-state index in [0.29, 0.717) is 6.42 Å². The molecule has 2 rings (SSSR count). The molecule has 0 fully saturated rings. The van der Waals surface area contributed by atoms with Gasteiger partial charge in [-0.2, -0.15) is 4.98 Å². The maximum atomic E-state index is 13.3. The molecule has 0 aliphatic heterocycles. The highest BCUT2D eigenvalue weighted by atomic mass is 19.1. The minimum absolute atomic E-state index is 0.0232. The standard InChI is InChI=1S/C11H13FN4O/c1-7(5-8-3-2-4-17-8)15-10-9(12)6-14-11(13)16-10/h2-4,6-7H,5H2,1H3,(H3,13,14,15,16). The van der Waals surface area contributed by atoms with E-state index in [1.54, 1.807) is 6.26 Å². The molecular weight excluding hydrogens is 223 g/mol. The van der Waals surface area contributed by atoms with Gasteiger partial charge in [0.25, 0.3) is 0 Å². The monoisotopic (exact) mass is 236 g/mol. The van der Waals surface area contributed by atoms with Crippen LogP contribution < -0.4 is 11.1 Å². The first-order valence-corrected chi connectivity index (χ1v) is 5.22. The summed E-state index contributed by atoms with van der Waals surface area (Å²) in [5.74, 6) is 0.452. The molecule has 2 aromatic rings. The molecule has 2 aromatic heterocycles. The fourth-order valence-corrected chi connectivity index (χ4v) is 1.50. The van der Waals surface area contributed by atoms with Gasteiger partial charge in [0.1, 0.15) is 5.76 Å². The third kappa shape index (κ3) is 2.93. The van der Waals surface area contributed by atoms with Crippen LogP contribution in [0.15, 0.2) is 29.0 Å². The maximum Gasteiger partial charge on any atom is 0.222 e. The average Bonchev–Trinajstić information content (AvgIpc) is 2.76. The Morgan fingerprint density at radius 3 is 3.12 bits per heavy atom. The molecule has 0 amide bonds. The molecule has 2 heterocycles. The van der Waals surface area contributed by atoms with Crippen molar-refractivity contribution in [3.05, 3.63) is 36.2 Å². The molecule has 0 spiro atoms. The van der Waals surface area contributed by atoms with Gasteiger partial charge in [-0.15, -0.1) is 0 Å². The largest absolute Gasteiger partial charge is 0.469 e. The summed E-state index contributed by atoms with van der Waals surface area (Å²) in [6, 6.07) is 3.65. The van der Waals surface area contributed by atoms with Gasteiger partial charge >= 0.3 is 0 Å². The minimum Gasteiger partial charge on any atom is -0.469 e. The van der Waals surface area contributed by atoms with Gasteiger partial charge in [0.2, 0.25) is 5.95 Å². The first-order valence-electron chi connectivity index (χ1n) is 5.22. The lowest BCUT2D eigenvalue weighted by Gasteiger charge is -2.13. The second kappa shape index (κ2) is 4.82. The Labute approximate surface area is 97.9 Å². The molecule has 1 atom stereocenters. The van der Waals surface area contributed by atoms with E-state index in [1.807, 2.05) is 19.1 Å². The molecule has 0 radical (unpaired) electrons. The van der Waals surface area contributed by atoms with Crippen LogP contribution in [0.2, 0.25) is 0 Å². The molecule has 90 valence electrons. The third-order valence-electron chi connectivity index (χ3n) is 2.23. The summed E-state index contributed by atoms with van der Waals surface area (Å²) in [5.41, 5.74) is 5.39. The Balaban J connectivity index is 2.02. The lowest BCUT2D eigenvalue weighted by atomic mass is 10.2. The molecule has 0 bridgehead atoms. The van der Waals surface area contributed by atoms with Crippen LogP contribution in [0.1, 0.15) is 12.7 Å². The van der Waals surface area contributed by atoms with Crippen molar-refractivity contribution in [1.82, 2.24) is 9.97 Å². The molecule has 0 saturated heterocycles. The Hall–Kier alpha value is -2.11. The molecule has 0 aliphatic carbocycles. The van der Waals surface area contributed by atoms with E-state index in [-0.39, 0.29) is 17.8 Å². The van der Waals surface area contributed by atoms with Crippen molar-refractivity contribution in [1.29, 1.82) is 0 Å². The van der Waals surface area contributed by atoms with Crippen LogP contribution in [0.4, 0.5) is 16.2 Å². The zero-order valence-corrected chi connectivity index (χ0v) is 9.35. The number of nitrogens with zero attached hydrogens (tertiary/aromatic N) is 2. The van der Waals surface area contributed by atoms with E-state index in [4.69, 9.17) is 10.2 Å². The Morgan fingerprint density at radius 2 is 2.41 bits per heavy atom. The summed E-state index contributed by atoms with van der Waals surface area (Å²) >= 11 is 0. The van der Waals surface area contributed by atoms with Crippen molar-refractivity contribution < 1.29 is 8.81 Å². The smallest absolute Gasteiger partial charge is 0.222 e. The van der Waals surface area contributed by atoms with Crippen molar-refractivity contribution >= 4 is 11.8 Å². The molecule has 0 saturated carbocycles. The van der Waals surface area contributed by atoms with Crippen molar-refractivity contribution in [2.75, 3.05) is 11.1 Å². The fraction of sp³-hybridized carbons (Fsp3) is 0.273. The van der Waals surface area contributed by atoms with E-state index in [2.05, 4.69) is 15.3 Å². The van der Waals surface area contributed by atoms with E-state index in [9.17, 15) is 4.39 Å². The van der Waals surface area contributed by atoms with Crippen molar-refractivity contribution in [3.8, 4) is 0 Å². The highest BCUT2D eigenvalue weighted by molar-refractivity contribution is 5.40. The van der Waals surface area contributed by atoms with Crippen molar-refractivity contribution in [2.24, 2.45) is 0 Å². The number of rotatable bonds is 4. The zero-order chi connectivity index (χ0) is 12.3. The summed E-state index contributed by atoms with van der Waals surface area (Å²) in [6.07, 6.45) is 3.28. The van der Waals surface area contributed by atoms with Gasteiger partial charge in [-0.3, -0.25) is 0 Å². The summed E-state index contributed by atoms with van der Waals surface area (Å²) in [5, 5.41) is 2.92. The molecule has 1 unspecified atom stereocenters. The van der Waals surface area contributed by atoms with E-state index in [0.717, 1.165) is 12.0 Å². The number of hydrogen-bond acceptors (Lipinski definition) is 5. The van der Waals surface area contributed by atoms with Gasteiger partial charge in [-0.1, -0.05) is 0 Å². The van der Waals surface area contributed by atoms with Gasteiger partial charge in [0, 0.05) is 12.5 Å². The predicted molar refractivity (Wildman–Crippen MR) is 61.9 cm³/mol. The van der Waals surface area contributed by atoms with Crippen LogP contribution in [0.5, 0.6) is 0 Å². The topological polar surface area (TPSA) is 77.0 Å². The summed E-state index contributed by atoms with van der Waals surface area (Å²) in [7, 11) is 0. The Bertz CT molecular complexity index is 486. The van der Waals surface area contributed by atoms with Gasteiger partial charge in [0.15, 0.2) is 11.6 Å². The lowest BCUT2D eigenvalue weighted by Crippen LogP contribution is -2.20. The van der Waals surface area contributed by atoms with Crippen molar-refractivity contribution in [3.63, 3.8) is 0 Å². The first kappa shape index (κ1) is 11.4. The van der Waals surface area contributed by atoms with Gasteiger partial charge in [-0.05, 0) is 19.1 Å². The van der Waals surface area contributed by atoms with Crippen LogP contribution in [0.25, 0.3) is 0 Å². The second-order valence-electron chi connectivity index (χ2n) is 3.75. The number of anilines is 2. The van der Waals surface area contributed by atoms with Crippen LogP contribution in [-0.2, 0) is 6.42 Å². The SMILES string of the molecule is CC(Cc1ccco1)Nc1nc(N)ncc1F. The normalized spacial score (nSPS) is 12.4. The Kier molecular flexibility index (Phi) is 3.22. The number of nitrogen functional groups attached to an aromatic ring is 1.